The van der Waals surface area contributed by atoms with E-state index in [1.54, 1.807) is 48.7 Å². The molecule has 0 bridgehead atoms. The fraction of sp³-hybridized carbons (Fsp3) is 0.0588. The average Bonchev–Trinajstić information content (AvgIpc) is 2.54. The Kier molecular flexibility index (Phi) is 4.78. The van der Waals surface area contributed by atoms with Gasteiger partial charge < -0.3 is 5.32 Å². The molecular weight excluding hydrogens is 278 g/mol. The summed E-state index contributed by atoms with van der Waals surface area (Å²) in [5.41, 5.74) is 1.55. The van der Waals surface area contributed by atoms with Crippen molar-refractivity contribution >= 4 is 23.5 Å². The van der Waals surface area contributed by atoms with E-state index in [0.717, 1.165) is 0 Å². The zero-order valence-corrected chi connectivity index (χ0v) is 11.9. The van der Waals surface area contributed by atoms with E-state index in [2.05, 4.69) is 10.3 Å². The van der Waals surface area contributed by atoms with Crippen molar-refractivity contribution in [2.75, 3.05) is 5.32 Å². The van der Waals surface area contributed by atoms with Crippen molar-refractivity contribution in [3.8, 4) is 6.07 Å². The van der Waals surface area contributed by atoms with E-state index < -0.39 is 5.91 Å². The number of amides is 1. The van der Waals surface area contributed by atoms with Crippen LogP contribution in [0.4, 0.5) is 5.69 Å². The first-order chi connectivity index (χ1) is 10.6. The van der Waals surface area contributed by atoms with E-state index in [0.29, 0.717) is 16.9 Å². The topological polar surface area (TPSA) is 82.9 Å². The van der Waals surface area contributed by atoms with Crippen molar-refractivity contribution in [3.63, 3.8) is 0 Å². The van der Waals surface area contributed by atoms with Crippen molar-refractivity contribution in [1.82, 2.24) is 4.98 Å². The van der Waals surface area contributed by atoms with Crippen molar-refractivity contribution in [2.24, 2.45) is 0 Å². The molecule has 5 nitrogen and oxygen atoms in total. The highest BCUT2D eigenvalue weighted by atomic mass is 16.1. The molecule has 0 unspecified atom stereocenters. The van der Waals surface area contributed by atoms with Crippen LogP contribution in [0.15, 0.2) is 54.2 Å². The van der Waals surface area contributed by atoms with Crippen LogP contribution in [-0.2, 0) is 4.79 Å². The molecule has 0 saturated heterocycles. The lowest BCUT2D eigenvalue weighted by molar-refractivity contribution is -0.112. The fourth-order valence-corrected chi connectivity index (χ4v) is 1.74. The number of ketones is 1. The van der Waals surface area contributed by atoms with Gasteiger partial charge in [-0.15, -0.1) is 0 Å². The summed E-state index contributed by atoms with van der Waals surface area (Å²) in [7, 11) is 0. The van der Waals surface area contributed by atoms with Crippen molar-refractivity contribution < 1.29 is 9.59 Å². The van der Waals surface area contributed by atoms with Crippen LogP contribution in [0.2, 0.25) is 0 Å². The molecule has 1 N–H and O–H groups in total. The second-order valence-electron chi connectivity index (χ2n) is 4.51. The maximum atomic E-state index is 12.1. The number of Topliss-reactive ketones (excluding diaryl/α,β-unsaturated/α-hetero) is 1. The Morgan fingerprint density at radius 1 is 1.18 bits per heavy atom. The summed E-state index contributed by atoms with van der Waals surface area (Å²) in [6.07, 6.45) is 3.00. The third kappa shape index (κ3) is 3.87. The molecule has 5 heteroatoms. The highest BCUT2D eigenvalue weighted by molar-refractivity contribution is 6.09. The van der Waals surface area contributed by atoms with E-state index in [4.69, 9.17) is 5.26 Å². The van der Waals surface area contributed by atoms with Crippen LogP contribution in [-0.4, -0.2) is 16.7 Å². The van der Waals surface area contributed by atoms with E-state index >= 15 is 0 Å². The summed E-state index contributed by atoms with van der Waals surface area (Å²) >= 11 is 0. The highest BCUT2D eigenvalue weighted by Gasteiger charge is 2.10. The molecule has 0 saturated carbocycles. The number of nitrogens with one attached hydrogen (secondary N) is 1. The quantitative estimate of drug-likeness (QED) is 0.533. The first-order valence-corrected chi connectivity index (χ1v) is 6.55. The van der Waals surface area contributed by atoms with Gasteiger partial charge in [-0.2, -0.15) is 5.26 Å². The van der Waals surface area contributed by atoms with Crippen LogP contribution in [0.5, 0.6) is 0 Å². The number of carbonyl (C=O) groups excluding carboxylic acids is 2. The third-order valence-electron chi connectivity index (χ3n) is 2.89. The molecule has 1 heterocycles. The molecule has 0 aliphatic rings. The molecule has 0 radical (unpaired) electrons. The van der Waals surface area contributed by atoms with Gasteiger partial charge in [0.1, 0.15) is 11.6 Å². The van der Waals surface area contributed by atoms with Gasteiger partial charge >= 0.3 is 0 Å². The van der Waals surface area contributed by atoms with Gasteiger partial charge in [0.25, 0.3) is 5.91 Å². The van der Waals surface area contributed by atoms with Crippen molar-refractivity contribution in [1.29, 1.82) is 5.26 Å². The number of aromatic nitrogens is 1. The Morgan fingerprint density at radius 2 is 1.91 bits per heavy atom. The third-order valence-corrected chi connectivity index (χ3v) is 2.89. The average molecular weight is 291 g/mol. The summed E-state index contributed by atoms with van der Waals surface area (Å²) < 4.78 is 0. The molecule has 108 valence electrons. The second kappa shape index (κ2) is 6.95. The van der Waals surface area contributed by atoms with Gasteiger partial charge in [0.05, 0.1) is 5.69 Å². The number of carbonyl (C=O) groups is 2. The SMILES string of the molecule is CC(=O)c1ccc(NC(=O)C(C#N)=Cc2ccccn2)cc1. The van der Waals surface area contributed by atoms with Gasteiger partial charge in [0.2, 0.25) is 0 Å². The molecule has 1 amide bonds. The number of benzene rings is 1. The smallest absolute Gasteiger partial charge is 0.266 e. The van der Waals surface area contributed by atoms with Gasteiger partial charge in [-0.1, -0.05) is 6.07 Å². The zero-order chi connectivity index (χ0) is 15.9. The molecule has 0 aliphatic carbocycles. The van der Waals surface area contributed by atoms with Crippen LogP contribution in [0.25, 0.3) is 6.08 Å². The molecular formula is C17H13N3O2. The van der Waals surface area contributed by atoms with Crippen LogP contribution < -0.4 is 5.32 Å². The minimum Gasteiger partial charge on any atom is -0.321 e. The number of hydrogen-bond donors (Lipinski definition) is 1. The largest absolute Gasteiger partial charge is 0.321 e. The fourth-order valence-electron chi connectivity index (χ4n) is 1.74. The number of nitrogens with zero attached hydrogens (tertiary/aromatic N) is 2. The van der Waals surface area contributed by atoms with E-state index in [1.165, 1.54) is 13.0 Å². The summed E-state index contributed by atoms with van der Waals surface area (Å²) in [5.74, 6) is -0.575. The van der Waals surface area contributed by atoms with Crippen molar-refractivity contribution in [3.05, 3.63) is 65.5 Å². The summed E-state index contributed by atoms with van der Waals surface area (Å²) in [6, 6.07) is 13.5. The normalized spacial score (nSPS) is 10.6. The van der Waals surface area contributed by atoms with Gasteiger partial charge in [-0.05, 0) is 49.4 Å². The Labute approximate surface area is 127 Å². The van der Waals surface area contributed by atoms with E-state index in [9.17, 15) is 9.59 Å². The lowest BCUT2D eigenvalue weighted by Crippen LogP contribution is -2.13. The molecule has 22 heavy (non-hydrogen) atoms. The molecule has 0 spiro atoms. The summed E-state index contributed by atoms with van der Waals surface area (Å²) in [6.45, 7) is 1.47. The van der Waals surface area contributed by atoms with Gasteiger partial charge in [0.15, 0.2) is 5.78 Å². The molecule has 0 fully saturated rings. The Balaban J connectivity index is 2.15. The Morgan fingerprint density at radius 3 is 2.45 bits per heavy atom. The van der Waals surface area contributed by atoms with Gasteiger partial charge in [0, 0.05) is 17.4 Å². The molecule has 2 rings (SSSR count). The monoisotopic (exact) mass is 291 g/mol. The summed E-state index contributed by atoms with van der Waals surface area (Å²) in [5, 5.41) is 11.7. The Hall–Kier alpha value is -3.26. The van der Waals surface area contributed by atoms with Crippen LogP contribution in [0, 0.1) is 11.3 Å². The second-order valence-corrected chi connectivity index (χ2v) is 4.51. The maximum Gasteiger partial charge on any atom is 0.266 e. The van der Waals surface area contributed by atoms with Crippen molar-refractivity contribution in [2.45, 2.75) is 6.92 Å². The van der Waals surface area contributed by atoms with Crippen LogP contribution in [0.1, 0.15) is 23.0 Å². The number of anilines is 1. The predicted octanol–water partition coefficient (Wildman–Crippen LogP) is 2.83. The van der Waals surface area contributed by atoms with Gasteiger partial charge in [-0.25, -0.2) is 0 Å². The van der Waals surface area contributed by atoms with E-state index in [-0.39, 0.29) is 11.4 Å². The number of pyridine rings is 1. The van der Waals surface area contributed by atoms with Crippen LogP contribution in [0.3, 0.4) is 0 Å². The first kappa shape index (κ1) is 15.1. The Bertz CT molecular complexity index is 757. The zero-order valence-electron chi connectivity index (χ0n) is 11.9. The lowest BCUT2D eigenvalue weighted by Gasteiger charge is -2.05. The first-order valence-electron chi connectivity index (χ1n) is 6.55. The van der Waals surface area contributed by atoms with E-state index in [1.807, 2.05) is 6.07 Å². The van der Waals surface area contributed by atoms with Crippen LogP contribution >= 0.6 is 0 Å². The standard InChI is InChI=1S/C17H13N3O2/c1-12(21)13-5-7-15(8-6-13)20-17(22)14(11-18)10-16-4-2-3-9-19-16/h2-10H,1H3,(H,20,22). The minimum absolute atomic E-state index is 0.0469. The number of nitriles is 1. The molecule has 0 aliphatic heterocycles. The molecule has 0 atom stereocenters. The lowest BCUT2D eigenvalue weighted by atomic mass is 10.1. The molecule has 2 aromatic rings. The molecule has 1 aromatic heterocycles. The maximum absolute atomic E-state index is 12.1. The van der Waals surface area contributed by atoms with Gasteiger partial charge in [-0.3, -0.25) is 14.6 Å². The highest BCUT2D eigenvalue weighted by Crippen LogP contribution is 2.12. The number of rotatable bonds is 4. The number of hydrogen-bond acceptors (Lipinski definition) is 4. The molecule has 1 aromatic carbocycles. The minimum atomic E-state index is -0.524. The summed E-state index contributed by atoms with van der Waals surface area (Å²) in [4.78, 5) is 27.3. The predicted molar refractivity (Wildman–Crippen MR) is 82.9 cm³/mol.